The lowest BCUT2D eigenvalue weighted by Crippen LogP contribution is -2.37. The Morgan fingerprint density at radius 1 is 1.10 bits per heavy atom. The summed E-state index contributed by atoms with van der Waals surface area (Å²) in [5.74, 6) is -0.0700. The van der Waals surface area contributed by atoms with E-state index in [1.54, 1.807) is 0 Å². The van der Waals surface area contributed by atoms with E-state index >= 15 is 0 Å². The topological polar surface area (TPSA) is 63.2 Å². The largest absolute Gasteiger partial charge is 0.274 e. The van der Waals surface area contributed by atoms with Crippen LogP contribution in [0.4, 0.5) is 5.13 Å². The summed E-state index contributed by atoms with van der Waals surface area (Å²) in [4.78, 5) is 27.1. The summed E-state index contributed by atoms with van der Waals surface area (Å²) in [6, 6.07) is 0. The van der Waals surface area contributed by atoms with Crippen LogP contribution >= 0.6 is 43.2 Å². The van der Waals surface area contributed by atoms with Gasteiger partial charge in [0.1, 0.15) is 5.01 Å². The van der Waals surface area contributed by atoms with Crippen LogP contribution in [0.1, 0.15) is 11.4 Å². The number of aryl methyl sites for hydroxylation is 1. The Kier molecular flexibility index (Phi) is 2.89. The molecule has 4 rings (SSSR count). The van der Waals surface area contributed by atoms with Crippen LogP contribution < -0.4 is 4.90 Å². The molecule has 106 valence electrons. The van der Waals surface area contributed by atoms with E-state index < -0.39 is 0 Å². The minimum Gasteiger partial charge on any atom is -0.274 e. The van der Waals surface area contributed by atoms with Gasteiger partial charge in [0.15, 0.2) is 0 Å². The average Bonchev–Trinajstić information content (AvgIpc) is 3.10. The number of carbonyl (C=O) groups excluding carboxylic acids is 2. The van der Waals surface area contributed by atoms with Crippen molar-refractivity contribution in [3.05, 3.63) is 5.01 Å². The second-order valence-electron chi connectivity index (χ2n) is 5.62. The molecule has 1 saturated heterocycles. The Morgan fingerprint density at radius 2 is 1.65 bits per heavy atom. The van der Waals surface area contributed by atoms with Crippen molar-refractivity contribution in [3.63, 3.8) is 0 Å². The molecule has 3 fully saturated rings. The minimum absolute atomic E-state index is 0.0903. The molecule has 2 amide bonds. The number of aromatic nitrogens is 2. The number of rotatable bonds is 1. The Morgan fingerprint density at radius 3 is 2.10 bits per heavy atom. The molecular formula is C12H11Br2N3O2S. The predicted molar refractivity (Wildman–Crippen MR) is 81.1 cm³/mol. The summed E-state index contributed by atoms with van der Waals surface area (Å²) < 4.78 is 0. The molecule has 2 aliphatic carbocycles. The number of hydrogen-bond donors (Lipinski definition) is 0. The van der Waals surface area contributed by atoms with Crippen LogP contribution in [0.15, 0.2) is 0 Å². The molecule has 0 N–H and O–H groups in total. The highest BCUT2D eigenvalue weighted by atomic mass is 79.9. The first-order valence-corrected chi connectivity index (χ1v) is 9.11. The van der Waals surface area contributed by atoms with Gasteiger partial charge < -0.3 is 0 Å². The van der Waals surface area contributed by atoms with Gasteiger partial charge in [-0.3, -0.25) is 9.59 Å². The van der Waals surface area contributed by atoms with E-state index in [1.165, 1.54) is 16.2 Å². The lowest BCUT2D eigenvalue weighted by atomic mass is 9.81. The van der Waals surface area contributed by atoms with Crippen LogP contribution in [0.3, 0.4) is 0 Å². The average molecular weight is 421 g/mol. The molecular weight excluding hydrogens is 410 g/mol. The van der Waals surface area contributed by atoms with Gasteiger partial charge in [-0.1, -0.05) is 43.2 Å². The van der Waals surface area contributed by atoms with Gasteiger partial charge in [-0.2, -0.15) is 0 Å². The summed E-state index contributed by atoms with van der Waals surface area (Å²) in [7, 11) is 0. The molecule has 6 atom stereocenters. The number of hydrogen-bond acceptors (Lipinski definition) is 5. The standard InChI is InChI=1S/C12H11Br2N3O2S/c1-3-15-16-12(20-3)17-10(18)6-4-2-5(7(6)11(17)19)9(14)8(4)13/h4-9H,2H2,1H3/t4-,5-,6-,7-,8+,9+/m1/s1. The quantitative estimate of drug-likeness (QED) is 0.515. The summed E-state index contributed by atoms with van der Waals surface area (Å²) in [6.07, 6.45) is 0.946. The fraction of sp³-hybridized carbons (Fsp3) is 0.667. The van der Waals surface area contributed by atoms with Crippen molar-refractivity contribution in [2.45, 2.75) is 23.0 Å². The first-order valence-electron chi connectivity index (χ1n) is 6.46. The third kappa shape index (κ3) is 1.53. The van der Waals surface area contributed by atoms with Gasteiger partial charge in [-0.25, -0.2) is 4.90 Å². The zero-order valence-corrected chi connectivity index (χ0v) is 14.5. The van der Waals surface area contributed by atoms with Crippen molar-refractivity contribution >= 4 is 60.1 Å². The second kappa shape index (κ2) is 4.33. The molecule has 2 saturated carbocycles. The summed E-state index contributed by atoms with van der Waals surface area (Å²) in [6.45, 7) is 1.82. The van der Waals surface area contributed by atoms with E-state index in [-0.39, 0.29) is 45.1 Å². The minimum atomic E-state index is -0.185. The molecule has 2 heterocycles. The maximum Gasteiger partial charge on any atom is 0.239 e. The molecule has 5 nitrogen and oxygen atoms in total. The van der Waals surface area contributed by atoms with Crippen molar-refractivity contribution < 1.29 is 9.59 Å². The van der Waals surface area contributed by atoms with Gasteiger partial charge in [0.05, 0.1) is 11.8 Å². The van der Waals surface area contributed by atoms with Gasteiger partial charge >= 0.3 is 0 Å². The Hall–Kier alpha value is -0.340. The summed E-state index contributed by atoms with van der Waals surface area (Å²) in [5.41, 5.74) is 0. The SMILES string of the molecule is Cc1nnc(N2C(=O)[C@@H]3[C@H]4C[C@@H]([C@H](Br)[C@H]4Br)[C@H]3C2=O)s1. The van der Waals surface area contributed by atoms with Crippen LogP contribution in [-0.2, 0) is 9.59 Å². The highest BCUT2D eigenvalue weighted by Gasteiger charge is 2.66. The normalized spacial score (nSPS) is 42.6. The van der Waals surface area contributed by atoms with Crippen LogP contribution in [0.2, 0.25) is 0 Å². The highest BCUT2D eigenvalue weighted by Crippen LogP contribution is 2.60. The predicted octanol–water partition coefficient (Wildman–Crippen LogP) is 2.13. The van der Waals surface area contributed by atoms with Crippen molar-refractivity contribution in [3.8, 4) is 0 Å². The van der Waals surface area contributed by atoms with E-state index in [1.807, 2.05) is 6.92 Å². The van der Waals surface area contributed by atoms with E-state index in [2.05, 4.69) is 42.1 Å². The Bertz CT molecular complexity index is 590. The molecule has 20 heavy (non-hydrogen) atoms. The van der Waals surface area contributed by atoms with Crippen LogP contribution in [0.5, 0.6) is 0 Å². The molecule has 8 heteroatoms. The molecule has 1 aromatic heterocycles. The highest BCUT2D eigenvalue weighted by molar-refractivity contribution is 9.12. The lowest BCUT2D eigenvalue weighted by Gasteiger charge is -2.28. The molecule has 3 aliphatic rings. The Labute approximate surface area is 136 Å². The molecule has 1 aliphatic heterocycles. The third-order valence-electron chi connectivity index (χ3n) is 4.69. The zero-order valence-electron chi connectivity index (χ0n) is 10.5. The van der Waals surface area contributed by atoms with Crippen molar-refractivity contribution in [1.29, 1.82) is 0 Å². The number of halogens is 2. The number of anilines is 1. The fourth-order valence-electron chi connectivity index (χ4n) is 3.91. The lowest BCUT2D eigenvalue weighted by molar-refractivity contribution is -0.123. The van der Waals surface area contributed by atoms with Gasteiger partial charge in [0.25, 0.3) is 0 Å². The molecule has 0 unspecified atom stereocenters. The number of nitrogens with zero attached hydrogens (tertiary/aromatic N) is 3. The summed E-state index contributed by atoms with van der Waals surface area (Å²) >= 11 is 8.64. The van der Waals surface area contributed by atoms with E-state index in [9.17, 15) is 9.59 Å². The van der Waals surface area contributed by atoms with E-state index in [4.69, 9.17) is 0 Å². The molecule has 0 aromatic carbocycles. The van der Waals surface area contributed by atoms with Gasteiger partial charge in [-0.05, 0) is 25.2 Å². The molecule has 0 spiro atoms. The smallest absolute Gasteiger partial charge is 0.239 e. The molecule has 1 aromatic rings. The molecule has 0 radical (unpaired) electrons. The summed E-state index contributed by atoms with van der Waals surface area (Å²) in [5, 5.41) is 9.06. The van der Waals surface area contributed by atoms with Crippen LogP contribution in [0, 0.1) is 30.6 Å². The Balaban J connectivity index is 1.74. The number of amides is 2. The van der Waals surface area contributed by atoms with Gasteiger partial charge in [-0.15, -0.1) is 10.2 Å². The van der Waals surface area contributed by atoms with E-state index in [0.717, 1.165) is 11.4 Å². The number of carbonyl (C=O) groups is 2. The van der Waals surface area contributed by atoms with Crippen LogP contribution in [0.25, 0.3) is 0 Å². The first kappa shape index (κ1) is 13.3. The number of fused-ring (bicyclic) bond motifs is 5. The zero-order chi connectivity index (χ0) is 14.2. The molecule has 2 bridgehead atoms. The monoisotopic (exact) mass is 419 g/mol. The van der Waals surface area contributed by atoms with Crippen LogP contribution in [-0.4, -0.2) is 31.7 Å². The maximum atomic E-state index is 12.7. The fourth-order valence-corrected chi connectivity index (χ4v) is 6.49. The van der Waals surface area contributed by atoms with Crippen molar-refractivity contribution in [2.24, 2.45) is 23.7 Å². The second-order valence-corrected chi connectivity index (χ2v) is 8.89. The maximum absolute atomic E-state index is 12.7. The number of imide groups is 1. The van der Waals surface area contributed by atoms with Crippen molar-refractivity contribution in [1.82, 2.24) is 10.2 Å². The van der Waals surface area contributed by atoms with E-state index in [0.29, 0.717) is 5.13 Å². The first-order chi connectivity index (χ1) is 9.50. The van der Waals surface area contributed by atoms with Crippen molar-refractivity contribution in [2.75, 3.05) is 4.90 Å². The van der Waals surface area contributed by atoms with Gasteiger partial charge in [0.2, 0.25) is 16.9 Å². The number of alkyl halides is 2. The van der Waals surface area contributed by atoms with Gasteiger partial charge in [0, 0.05) is 9.65 Å². The third-order valence-corrected chi connectivity index (χ3v) is 8.72.